The van der Waals surface area contributed by atoms with Gasteiger partial charge in [-0.25, -0.2) is 0 Å². The molecule has 146 valence electrons. The Morgan fingerprint density at radius 1 is 1.19 bits per heavy atom. The highest BCUT2D eigenvalue weighted by molar-refractivity contribution is 5.96. The number of piperazine rings is 1. The normalized spacial score (nSPS) is 18.3. The molecule has 3 rings (SSSR count). The van der Waals surface area contributed by atoms with E-state index in [4.69, 9.17) is 4.74 Å². The predicted octanol–water partition coefficient (Wildman–Crippen LogP) is 1.70. The van der Waals surface area contributed by atoms with Crippen LogP contribution in [0.3, 0.4) is 0 Å². The first-order valence-corrected chi connectivity index (χ1v) is 9.72. The fourth-order valence-corrected chi connectivity index (χ4v) is 3.66. The fourth-order valence-electron chi connectivity index (χ4n) is 3.66. The average molecular weight is 371 g/mol. The number of hydrogen-bond acceptors (Lipinski definition) is 4. The second-order valence-corrected chi connectivity index (χ2v) is 7.12. The molecule has 2 heterocycles. The zero-order valence-electron chi connectivity index (χ0n) is 16.1. The zero-order valence-corrected chi connectivity index (χ0v) is 16.1. The fraction of sp³-hybridized carbons (Fsp3) is 0.524. The van der Waals surface area contributed by atoms with E-state index < -0.39 is 6.10 Å². The maximum absolute atomic E-state index is 12.7. The van der Waals surface area contributed by atoms with Crippen molar-refractivity contribution in [1.82, 2.24) is 9.80 Å². The molecule has 2 aliphatic rings. The standard InChI is InChI=1S/C21H29N3O3/c1-3-4-15-27-17(2)21(26)23-13-11-22(12-14-23)16-20(25)24-10-9-18-7-5-6-8-19(18)24/h3,5-8,17H,1,4,9-16H2,2H3. The van der Waals surface area contributed by atoms with Crippen LogP contribution in [-0.4, -0.2) is 73.6 Å². The lowest BCUT2D eigenvalue weighted by Crippen LogP contribution is -2.53. The lowest BCUT2D eigenvalue weighted by atomic mass is 10.2. The molecule has 1 unspecified atom stereocenters. The Kier molecular flexibility index (Phi) is 6.63. The zero-order chi connectivity index (χ0) is 19.2. The molecule has 0 aliphatic carbocycles. The van der Waals surface area contributed by atoms with Gasteiger partial charge < -0.3 is 14.5 Å². The summed E-state index contributed by atoms with van der Waals surface area (Å²) in [7, 11) is 0. The molecule has 6 heteroatoms. The van der Waals surface area contributed by atoms with Crippen LogP contribution < -0.4 is 4.90 Å². The van der Waals surface area contributed by atoms with Crippen LogP contribution in [0.5, 0.6) is 0 Å². The molecule has 0 N–H and O–H groups in total. The van der Waals surface area contributed by atoms with E-state index in [0.717, 1.165) is 25.1 Å². The number of rotatable bonds is 7. The third-order valence-electron chi connectivity index (χ3n) is 5.27. The van der Waals surface area contributed by atoms with Gasteiger partial charge in [0.05, 0.1) is 13.2 Å². The molecular weight excluding hydrogens is 342 g/mol. The highest BCUT2D eigenvalue weighted by atomic mass is 16.5. The smallest absolute Gasteiger partial charge is 0.251 e. The molecule has 0 spiro atoms. The highest BCUT2D eigenvalue weighted by Gasteiger charge is 2.29. The second kappa shape index (κ2) is 9.15. The van der Waals surface area contributed by atoms with Gasteiger partial charge in [0.1, 0.15) is 6.10 Å². The summed E-state index contributed by atoms with van der Waals surface area (Å²) in [5, 5.41) is 0. The lowest BCUT2D eigenvalue weighted by molar-refractivity contribution is -0.144. The summed E-state index contributed by atoms with van der Waals surface area (Å²) in [5.74, 6) is 0.166. The van der Waals surface area contributed by atoms with Crippen molar-refractivity contribution in [3.05, 3.63) is 42.5 Å². The van der Waals surface area contributed by atoms with Crippen LogP contribution in [-0.2, 0) is 20.7 Å². The van der Waals surface area contributed by atoms with E-state index in [2.05, 4.69) is 17.5 Å². The van der Waals surface area contributed by atoms with Gasteiger partial charge in [0.15, 0.2) is 0 Å². The van der Waals surface area contributed by atoms with Gasteiger partial charge in [-0.2, -0.15) is 0 Å². The molecule has 1 aromatic carbocycles. The van der Waals surface area contributed by atoms with Crippen molar-refractivity contribution in [1.29, 1.82) is 0 Å². The molecule has 2 amide bonds. The maximum Gasteiger partial charge on any atom is 0.251 e. The number of benzene rings is 1. The number of hydrogen-bond donors (Lipinski definition) is 0. The monoisotopic (exact) mass is 371 g/mol. The summed E-state index contributed by atoms with van der Waals surface area (Å²) in [6.07, 6.45) is 3.02. The van der Waals surface area contributed by atoms with Crippen LogP contribution in [0.2, 0.25) is 0 Å². The third-order valence-corrected chi connectivity index (χ3v) is 5.27. The van der Waals surface area contributed by atoms with Gasteiger partial charge in [-0.15, -0.1) is 6.58 Å². The number of carbonyl (C=O) groups excluding carboxylic acids is 2. The Hall–Kier alpha value is -2.18. The SMILES string of the molecule is C=CCCOC(C)C(=O)N1CCN(CC(=O)N2CCc3ccccc32)CC1. The van der Waals surface area contributed by atoms with Gasteiger partial charge in [-0.3, -0.25) is 14.5 Å². The minimum absolute atomic E-state index is 0.0264. The van der Waals surface area contributed by atoms with Crippen LogP contribution in [0.1, 0.15) is 18.9 Å². The topological polar surface area (TPSA) is 53.1 Å². The van der Waals surface area contributed by atoms with Gasteiger partial charge in [0, 0.05) is 38.4 Å². The van der Waals surface area contributed by atoms with Crippen molar-refractivity contribution in [2.45, 2.75) is 25.9 Å². The van der Waals surface area contributed by atoms with E-state index in [0.29, 0.717) is 39.3 Å². The Morgan fingerprint density at radius 2 is 1.93 bits per heavy atom. The van der Waals surface area contributed by atoms with E-state index in [-0.39, 0.29) is 11.8 Å². The molecule has 0 saturated carbocycles. The van der Waals surface area contributed by atoms with E-state index >= 15 is 0 Å². The molecule has 6 nitrogen and oxygen atoms in total. The van der Waals surface area contributed by atoms with Gasteiger partial charge in [0.25, 0.3) is 5.91 Å². The third kappa shape index (κ3) is 4.76. The number of carbonyl (C=O) groups is 2. The predicted molar refractivity (Wildman–Crippen MR) is 106 cm³/mol. The van der Waals surface area contributed by atoms with Crippen LogP contribution in [0.15, 0.2) is 36.9 Å². The minimum atomic E-state index is -0.431. The van der Waals surface area contributed by atoms with E-state index in [9.17, 15) is 9.59 Å². The summed E-state index contributed by atoms with van der Waals surface area (Å²) >= 11 is 0. The molecule has 1 aromatic rings. The van der Waals surface area contributed by atoms with Crippen molar-refractivity contribution >= 4 is 17.5 Å². The molecular formula is C21H29N3O3. The van der Waals surface area contributed by atoms with Crippen molar-refractivity contribution in [3.63, 3.8) is 0 Å². The molecule has 27 heavy (non-hydrogen) atoms. The van der Waals surface area contributed by atoms with Crippen LogP contribution in [0.4, 0.5) is 5.69 Å². The second-order valence-electron chi connectivity index (χ2n) is 7.12. The van der Waals surface area contributed by atoms with Crippen molar-refractivity contribution in [3.8, 4) is 0 Å². The van der Waals surface area contributed by atoms with E-state index in [1.807, 2.05) is 28.0 Å². The summed E-state index contributed by atoms with van der Waals surface area (Å²) in [6.45, 7) is 9.83. The molecule has 1 atom stereocenters. The van der Waals surface area contributed by atoms with Gasteiger partial charge in [-0.1, -0.05) is 24.3 Å². The van der Waals surface area contributed by atoms with E-state index in [1.54, 1.807) is 13.0 Å². The van der Waals surface area contributed by atoms with Crippen LogP contribution >= 0.6 is 0 Å². The largest absolute Gasteiger partial charge is 0.368 e. The summed E-state index contributed by atoms with van der Waals surface area (Å²) in [4.78, 5) is 31.0. The number of anilines is 1. The molecule has 1 saturated heterocycles. The van der Waals surface area contributed by atoms with Crippen LogP contribution in [0, 0.1) is 0 Å². The van der Waals surface area contributed by atoms with Crippen molar-refractivity contribution in [2.24, 2.45) is 0 Å². The molecule has 2 aliphatic heterocycles. The number of nitrogens with zero attached hydrogens (tertiary/aromatic N) is 3. The molecule has 1 fully saturated rings. The number of ether oxygens (including phenoxy) is 1. The Morgan fingerprint density at radius 3 is 2.67 bits per heavy atom. The summed E-state index contributed by atoms with van der Waals surface area (Å²) in [5.41, 5.74) is 2.29. The number of para-hydroxylation sites is 1. The minimum Gasteiger partial charge on any atom is -0.368 e. The number of amides is 2. The molecule has 0 bridgehead atoms. The lowest BCUT2D eigenvalue weighted by Gasteiger charge is -2.36. The van der Waals surface area contributed by atoms with Crippen LogP contribution in [0.25, 0.3) is 0 Å². The number of fused-ring (bicyclic) bond motifs is 1. The summed E-state index contributed by atoms with van der Waals surface area (Å²) in [6, 6.07) is 8.11. The van der Waals surface area contributed by atoms with Crippen molar-refractivity contribution < 1.29 is 14.3 Å². The maximum atomic E-state index is 12.7. The van der Waals surface area contributed by atoms with Gasteiger partial charge >= 0.3 is 0 Å². The Labute approximate surface area is 161 Å². The molecule has 0 radical (unpaired) electrons. The first-order valence-electron chi connectivity index (χ1n) is 9.72. The van der Waals surface area contributed by atoms with Crippen molar-refractivity contribution in [2.75, 3.05) is 50.8 Å². The van der Waals surface area contributed by atoms with Gasteiger partial charge in [0.2, 0.25) is 5.91 Å². The average Bonchev–Trinajstić information content (AvgIpc) is 3.12. The Bertz CT molecular complexity index is 683. The Balaban J connectivity index is 1.45. The summed E-state index contributed by atoms with van der Waals surface area (Å²) < 4.78 is 5.55. The van der Waals surface area contributed by atoms with Gasteiger partial charge in [-0.05, 0) is 31.4 Å². The first-order chi connectivity index (χ1) is 13.1. The first kappa shape index (κ1) is 19.6. The quantitative estimate of drug-likeness (QED) is 0.541. The highest BCUT2D eigenvalue weighted by Crippen LogP contribution is 2.27. The van der Waals surface area contributed by atoms with E-state index in [1.165, 1.54) is 5.56 Å². The molecule has 0 aromatic heterocycles.